The Labute approximate surface area is 127 Å². The lowest BCUT2D eigenvalue weighted by Crippen LogP contribution is -2.36. The fourth-order valence-electron chi connectivity index (χ4n) is 2.09. The van der Waals surface area contributed by atoms with Crippen molar-refractivity contribution < 1.29 is 9.18 Å². The average Bonchev–Trinajstić information content (AvgIpc) is 2.92. The highest BCUT2D eigenvalue weighted by Crippen LogP contribution is 2.17. The van der Waals surface area contributed by atoms with Crippen LogP contribution < -0.4 is 0 Å². The number of carbonyl (C=O) groups excluding carboxylic acids is 1. The zero-order valence-corrected chi connectivity index (χ0v) is 12.3. The molecule has 0 N–H and O–H groups in total. The molecule has 7 nitrogen and oxygen atoms in total. The number of benzene rings is 1. The number of aryl methyl sites for hydroxylation is 1. The molecule has 0 saturated heterocycles. The molecule has 1 aromatic heterocycles. The minimum Gasteiger partial charge on any atom is -0.331 e. The van der Waals surface area contributed by atoms with Gasteiger partial charge in [-0.05, 0) is 35.0 Å². The minimum absolute atomic E-state index is 0.0279. The molecule has 1 unspecified atom stereocenters. The first-order chi connectivity index (χ1) is 10.5. The van der Waals surface area contributed by atoms with Gasteiger partial charge in [0.15, 0.2) is 0 Å². The molecule has 1 heterocycles. The molecule has 1 aromatic carbocycles. The van der Waals surface area contributed by atoms with Gasteiger partial charge in [0.2, 0.25) is 5.91 Å². The average molecular weight is 302 g/mol. The zero-order chi connectivity index (χ0) is 16.1. The first-order valence-corrected chi connectivity index (χ1v) is 6.63. The molecule has 0 saturated carbocycles. The van der Waals surface area contributed by atoms with Gasteiger partial charge >= 0.3 is 0 Å². The van der Waals surface area contributed by atoms with Crippen molar-refractivity contribution in [3.8, 4) is 6.07 Å². The van der Waals surface area contributed by atoms with Crippen molar-refractivity contribution in [3.63, 3.8) is 0 Å². The number of rotatable bonds is 5. The van der Waals surface area contributed by atoms with Gasteiger partial charge in [0.25, 0.3) is 0 Å². The van der Waals surface area contributed by atoms with Gasteiger partial charge in [-0.3, -0.25) is 4.79 Å². The van der Waals surface area contributed by atoms with E-state index >= 15 is 0 Å². The first-order valence-electron chi connectivity index (χ1n) is 6.63. The molecule has 0 radical (unpaired) electrons. The number of nitriles is 1. The highest BCUT2D eigenvalue weighted by Gasteiger charge is 2.26. The van der Waals surface area contributed by atoms with Gasteiger partial charge in [-0.2, -0.15) is 5.26 Å². The minimum atomic E-state index is -0.682. The zero-order valence-electron chi connectivity index (χ0n) is 12.3. The summed E-state index contributed by atoms with van der Waals surface area (Å²) in [4.78, 5) is 13.9. The van der Waals surface area contributed by atoms with Gasteiger partial charge in [0.05, 0.1) is 6.07 Å². The summed E-state index contributed by atoms with van der Waals surface area (Å²) >= 11 is 0. The molecule has 114 valence electrons. The lowest BCUT2D eigenvalue weighted by molar-refractivity contribution is -0.133. The Morgan fingerprint density at radius 1 is 1.45 bits per heavy atom. The first kappa shape index (κ1) is 15.6. The standard InChI is InChI=1S/C14H15FN6O/c1-10-17-18-19-21(10)13(14(22)20(2)8-7-16)9-11-3-5-12(15)6-4-11/h3-6,13H,8-9H2,1-2H3. The molecule has 1 atom stereocenters. The van der Waals surface area contributed by atoms with E-state index in [1.165, 1.54) is 21.7 Å². The van der Waals surface area contributed by atoms with Crippen LogP contribution in [0.5, 0.6) is 0 Å². The van der Waals surface area contributed by atoms with Crippen LogP contribution in [0.1, 0.15) is 17.4 Å². The number of tetrazole rings is 1. The maximum absolute atomic E-state index is 13.0. The number of hydrogen-bond acceptors (Lipinski definition) is 5. The molecular formula is C14H15FN6O. The summed E-state index contributed by atoms with van der Waals surface area (Å²) in [6, 6.07) is 7.14. The van der Waals surface area contributed by atoms with Gasteiger partial charge < -0.3 is 4.90 Å². The van der Waals surface area contributed by atoms with Crippen LogP contribution >= 0.6 is 0 Å². The molecule has 0 aliphatic carbocycles. The molecule has 2 aromatic rings. The van der Waals surface area contributed by atoms with Crippen molar-refractivity contribution in [2.75, 3.05) is 13.6 Å². The number of carbonyl (C=O) groups is 1. The van der Waals surface area contributed by atoms with E-state index in [1.807, 2.05) is 6.07 Å². The predicted octanol–water partition coefficient (Wildman–Crippen LogP) is 0.886. The quantitative estimate of drug-likeness (QED) is 0.765. The monoisotopic (exact) mass is 302 g/mol. The van der Waals surface area contributed by atoms with E-state index in [0.29, 0.717) is 12.2 Å². The second-order valence-corrected chi connectivity index (χ2v) is 4.87. The summed E-state index contributed by atoms with van der Waals surface area (Å²) in [7, 11) is 1.54. The largest absolute Gasteiger partial charge is 0.331 e. The molecule has 22 heavy (non-hydrogen) atoms. The second-order valence-electron chi connectivity index (χ2n) is 4.87. The maximum Gasteiger partial charge on any atom is 0.248 e. The number of nitrogens with zero attached hydrogens (tertiary/aromatic N) is 6. The normalized spacial score (nSPS) is 11.7. The van der Waals surface area contributed by atoms with E-state index in [2.05, 4.69) is 15.5 Å². The highest BCUT2D eigenvalue weighted by molar-refractivity contribution is 5.80. The molecular weight excluding hydrogens is 287 g/mol. The van der Waals surface area contributed by atoms with E-state index in [4.69, 9.17) is 5.26 Å². The van der Waals surface area contributed by atoms with Gasteiger partial charge in [0, 0.05) is 13.5 Å². The van der Waals surface area contributed by atoms with Crippen LogP contribution in [0.15, 0.2) is 24.3 Å². The lowest BCUT2D eigenvalue weighted by atomic mass is 10.0. The third kappa shape index (κ3) is 3.44. The number of aromatic nitrogens is 4. The molecule has 0 aliphatic heterocycles. The molecule has 0 aliphatic rings. The Hall–Kier alpha value is -2.82. The number of likely N-dealkylation sites (N-methyl/N-ethyl adjacent to an activating group) is 1. The van der Waals surface area contributed by atoms with Crippen LogP contribution in [-0.4, -0.2) is 44.6 Å². The maximum atomic E-state index is 13.0. The fourth-order valence-corrected chi connectivity index (χ4v) is 2.09. The van der Waals surface area contributed by atoms with Crippen LogP contribution in [0, 0.1) is 24.1 Å². The van der Waals surface area contributed by atoms with Crippen molar-refractivity contribution in [1.82, 2.24) is 25.1 Å². The van der Waals surface area contributed by atoms with Crippen LogP contribution in [0.3, 0.4) is 0 Å². The topological polar surface area (TPSA) is 87.7 Å². The lowest BCUT2D eigenvalue weighted by Gasteiger charge is -2.22. The number of amides is 1. The molecule has 0 spiro atoms. The summed E-state index contributed by atoms with van der Waals surface area (Å²) in [5.41, 5.74) is 0.778. The van der Waals surface area contributed by atoms with E-state index in [1.54, 1.807) is 26.1 Å². The second kappa shape index (κ2) is 6.76. The van der Waals surface area contributed by atoms with Gasteiger partial charge in [-0.1, -0.05) is 12.1 Å². The van der Waals surface area contributed by atoms with Crippen LogP contribution in [0.2, 0.25) is 0 Å². The Morgan fingerprint density at radius 2 is 2.14 bits per heavy atom. The Balaban J connectivity index is 2.30. The van der Waals surface area contributed by atoms with E-state index in [-0.39, 0.29) is 18.3 Å². The Morgan fingerprint density at radius 3 is 2.68 bits per heavy atom. The highest BCUT2D eigenvalue weighted by atomic mass is 19.1. The summed E-state index contributed by atoms with van der Waals surface area (Å²) in [6.07, 6.45) is 0.306. The molecule has 2 rings (SSSR count). The van der Waals surface area contributed by atoms with Gasteiger partial charge in [-0.15, -0.1) is 5.10 Å². The smallest absolute Gasteiger partial charge is 0.248 e. The van der Waals surface area contributed by atoms with Gasteiger partial charge in [0.1, 0.15) is 24.2 Å². The summed E-state index contributed by atoms with van der Waals surface area (Å²) in [5.74, 6) is -0.126. The predicted molar refractivity (Wildman–Crippen MR) is 74.9 cm³/mol. The van der Waals surface area contributed by atoms with Crippen molar-refractivity contribution in [3.05, 3.63) is 41.5 Å². The van der Waals surface area contributed by atoms with Gasteiger partial charge in [-0.25, -0.2) is 9.07 Å². The van der Waals surface area contributed by atoms with E-state index < -0.39 is 6.04 Å². The Kier molecular flexibility index (Phi) is 4.78. The van der Waals surface area contributed by atoms with Crippen LogP contribution in [0.25, 0.3) is 0 Å². The van der Waals surface area contributed by atoms with Crippen molar-refractivity contribution in [1.29, 1.82) is 5.26 Å². The Bertz CT molecular complexity index is 690. The van der Waals surface area contributed by atoms with Crippen molar-refractivity contribution >= 4 is 5.91 Å². The number of hydrogen-bond donors (Lipinski definition) is 0. The van der Waals surface area contributed by atoms with E-state index in [9.17, 15) is 9.18 Å². The van der Waals surface area contributed by atoms with Crippen molar-refractivity contribution in [2.45, 2.75) is 19.4 Å². The van der Waals surface area contributed by atoms with Crippen LogP contribution in [-0.2, 0) is 11.2 Å². The SMILES string of the molecule is Cc1nnnn1C(Cc1ccc(F)cc1)C(=O)N(C)CC#N. The van der Waals surface area contributed by atoms with Crippen LogP contribution in [0.4, 0.5) is 4.39 Å². The van der Waals surface area contributed by atoms with Crippen molar-refractivity contribution in [2.24, 2.45) is 0 Å². The summed E-state index contributed by atoms with van der Waals surface area (Å²) < 4.78 is 14.4. The molecule has 0 bridgehead atoms. The third-order valence-corrected chi connectivity index (χ3v) is 3.26. The molecule has 1 amide bonds. The van der Waals surface area contributed by atoms with E-state index in [0.717, 1.165) is 5.56 Å². The fraction of sp³-hybridized carbons (Fsp3) is 0.357. The summed E-state index contributed by atoms with van der Waals surface area (Å²) in [5, 5.41) is 19.9. The third-order valence-electron chi connectivity index (χ3n) is 3.26. The number of halogens is 1. The molecule has 0 fully saturated rings. The molecule has 8 heteroatoms. The summed E-state index contributed by atoms with van der Waals surface area (Å²) in [6.45, 7) is 1.66.